The van der Waals surface area contributed by atoms with E-state index in [0.29, 0.717) is 5.56 Å². The average molecular weight is 327 g/mol. The molecule has 6 nitrogen and oxygen atoms in total. The number of anilines is 2. The number of aromatic nitrogens is 3. The first-order chi connectivity index (χ1) is 10.7. The second-order valence-electron chi connectivity index (χ2n) is 5.30. The molecule has 2 N–H and O–H groups in total. The third kappa shape index (κ3) is 4.21. The fourth-order valence-corrected chi connectivity index (χ4v) is 1.86. The SMILES string of the molecule is Cc1ccc(C(F)(F)F)c(NC(=O)Nc2cn(C(C)C)nn2)c1. The summed E-state index contributed by atoms with van der Waals surface area (Å²) in [6.07, 6.45) is -3.07. The van der Waals surface area contributed by atoms with Crippen molar-refractivity contribution < 1.29 is 18.0 Å². The minimum atomic E-state index is -4.56. The summed E-state index contributed by atoms with van der Waals surface area (Å²) in [4.78, 5) is 11.9. The van der Waals surface area contributed by atoms with Gasteiger partial charge in [0, 0.05) is 6.04 Å². The Kier molecular flexibility index (Phi) is 4.57. The molecule has 0 bridgehead atoms. The number of carbonyl (C=O) groups is 1. The Labute approximate surface area is 130 Å². The summed E-state index contributed by atoms with van der Waals surface area (Å²) in [5.41, 5.74) is -0.630. The van der Waals surface area contributed by atoms with Crippen molar-refractivity contribution in [2.75, 3.05) is 10.6 Å². The number of carbonyl (C=O) groups excluding carboxylic acids is 1. The molecule has 0 atom stereocenters. The van der Waals surface area contributed by atoms with Crippen LogP contribution in [0.15, 0.2) is 24.4 Å². The number of hydrogen-bond donors (Lipinski definition) is 2. The van der Waals surface area contributed by atoms with Gasteiger partial charge in [0.15, 0.2) is 5.82 Å². The van der Waals surface area contributed by atoms with Crippen LogP contribution in [0.1, 0.15) is 31.0 Å². The summed E-state index contributed by atoms with van der Waals surface area (Å²) >= 11 is 0. The molecule has 0 unspecified atom stereocenters. The van der Waals surface area contributed by atoms with Crippen LogP contribution in [0.2, 0.25) is 0 Å². The molecule has 0 fully saturated rings. The van der Waals surface area contributed by atoms with E-state index in [0.717, 1.165) is 6.07 Å². The van der Waals surface area contributed by atoms with Crippen molar-refractivity contribution in [1.82, 2.24) is 15.0 Å². The monoisotopic (exact) mass is 327 g/mol. The van der Waals surface area contributed by atoms with E-state index < -0.39 is 17.8 Å². The summed E-state index contributed by atoms with van der Waals surface area (Å²) in [6.45, 7) is 5.39. The van der Waals surface area contributed by atoms with Crippen LogP contribution in [0, 0.1) is 6.92 Å². The molecule has 0 aliphatic rings. The maximum Gasteiger partial charge on any atom is 0.418 e. The minimum Gasteiger partial charge on any atom is -0.307 e. The van der Waals surface area contributed by atoms with Gasteiger partial charge >= 0.3 is 12.2 Å². The molecule has 0 aliphatic heterocycles. The molecule has 0 saturated heterocycles. The van der Waals surface area contributed by atoms with Crippen molar-refractivity contribution in [3.8, 4) is 0 Å². The predicted octanol–water partition coefficient (Wildman–Crippen LogP) is 3.83. The molecule has 0 spiro atoms. The van der Waals surface area contributed by atoms with Crippen molar-refractivity contribution in [3.63, 3.8) is 0 Å². The number of benzene rings is 1. The number of nitrogens with zero attached hydrogens (tertiary/aromatic N) is 3. The number of amides is 2. The Morgan fingerprint density at radius 1 is 1.26 bits per heavy atom. The third-order valence-electron chi connectivity index (χ3n) is 3.01. The van der Waals surface area contributed by atoms with E-state index in [9.17, 15) is 18.0 Å². The maximum absolute atomic E-state index is 13.0. The van der Waals surface area contributed by atoms with Gasteiger partial charge in [-0.25, -0.2) is 9.48 Å². The van der Waals surface area contributed by atoms with Crippen molar-refractivity contribution in [2.45, 2.75) is 33.0 Å². The number of rotatable bonds is 3. The highest BCUT2D eigenvalue weighted by Gasteiger charge is 2.33. The van der Waals surface area contributed by atoms with Gasteiger partial charge < -0.3 is 5.32 Å². The number of halogens is 3. The fraction of sp³-hybridized carbons (Fsp3) is 0.357. The van der Waals surface area contributed by atoms with Gasteiger partial charge in [0.1, 0.15) is 0 Å². The maximum atomic E-state index is 13.0. The second kappa shape index (κ2) is 6.27. The highest BCUT2D eigenvalue weighted by Crippen LogP contribution is 2.35. The lowest BCUT2D eigenvalue weighted by Gasteiger charge is -2.14. The standard InChI is InChI=1S/C14H16F3N5O/c1-8(2)22-7-12(20-21-22)19-13(23)18-11-6-9(3)4-5-10(11)14(15,16)17/h4-8H,1-3H3,(H2,18,19,23). The van der Waals surface area contributed by atoms with Crippen LogP contribution in [0.5, 0.6) is 0 Å². The van der Waals surface area contributed by atoms with Crippen LogP contribution < -0.4 is 10.6 Å². The van der Waals surface area contributed by atoms with E-state index in [2.05, 4.69) is 20.9 Å². The molecule has 0 saturated carbocycles. The molecule has 23 heavy (non-hydrogen) atoms. The highest BCUT2D eigenvalue weighted by molar-refractivity contribution is 5.99. The molecule has 0 aliphatic carbocycles. The molecule has 1 aromatic carbocycles. The second-order valence-corrected chi connectivity index (χ2v) is 5.30. The molecule has 1 heterocycles. The molecule has 1 aromatic heterocycles. The fourth-order valence-electron chi connectivity index (χ4n) is 1.86. The quantitative estimate of drug-likeness (QED) is 0.900. The van der Waals surface area contributed by atoms with Gasteiger partial charge in [0.05, 0.1) is 17.4 Å². The highest BCUT2D eigenvalue weighted by atomic mass is 19.4. The first-order valence-electron chi connectivity index (χ1n) is 6.84. The van der Waals surface area contributed by atoms with Gasteiger partial charge in [-0.3, -0.25) is 5.32 Å². The van der Waals surface area contributed by atoms with Gasteiger partial charge in [-0.1, -0.05) is 11.3 Å². The number of urea groups is 1. The molecular formula is C14H16F3N5O. The number of hydrogen-bond acceptors (Lipinski definition) is 3. The van der Waals surface area contributed by atoms with E-state index in [4.69, 9.17) is 0 Å². The Morgan fingerprint density at radius 3 is 2.52 bits per heavy atom. The van der Waals surface area contributed by atoms with Gasteiger partial charge in [-0.15, -0.1) is 5.10 Å². The van der Waals surface area contributed by atoms with Crippen LogP contribution in [-0.4, -0.2) is 21.0 Å². The van der Waals surface area contributed by atoms with Crippen molar-refractivity contribution in [2.24, 2.45) is 0 Å². The topological polar surface area (TPSA) is 71.8 Å². The lowest BCUT2D eigenvalue weighted by atomic mass is 10.1. The van der Waals surface area contributed by atoms with Crippen LogP contribution in [-0.2, 0) is 6.18 Å². The van der Waals surface area contributed by atoms with E-state index in [1.165, 1.54) is 23.0 Å². The number of aryl methyl sites for hydroxylation is 1. The van der Waals surface area contributed by atoms with Gasteiger partial charge in [-0.05, 0) is 38.5 Å². The summed E-state index contributed by atoms with van der Waals surface area (Å²) < 4.78 is 40.4. The molecule has 0 radical (unpaired) electrons. The van der Waals surface area contributed by atoms with Crippen LogP contribution in [0.4, 0.5) is 29.5 Å². The Balaban J connectivity index is 2.15. The zero-order chi connectivity index (χ0) is 17.2. The smallest absolute Gasteiger partial charge is 0.307 e. The molecule has 124 valence electrons. The molecule has 2 amide bonds. The van der Waals surface area contributed by atoms with Crippen LogP contribution in [0.3, 0.4) is 0 Å². The summed E-state index contributed by atoms with van der Waals surface area (Å²) in [5.74, 6) is 0.150. The zero-order valence-corrected chi connectivity index (χ0v) is 12.8. The van der Waals surface area contributed by atoms with E-state index >= 15 is 0 Å². The first-order valence-corrected chi connectivity index (χ1v) is 6.84. The van der Waals surface area contributed by atoms with Gasteiger partial charge in [0.2, 0.25) is 0 Å². The number of nitrogens with one attached hydrogen (secondary N) is 2. The zero-order valence-electron chi connectivity index (χ0n) is 12.8. The van der Waals surface area contributed by atoms with Crippen molar-refractivity contribution >= 4 is 17.5 Å². The van der Waals surface area contributed by atoms with Crippen LogP contribution in [0.25, 0.3) is 0 Å². The third-order valence-corrected chi connectivity index (χ3v) is 3.01. The van der Waals surface area contributed by atoms with Gasteiger partial charge in [0.25, 0.3) is 0 Å². The van der Waals surface area contributed by atoms with Crippen molar-refractivity contribution in [3.05, 3.63) is 35.5 Å². The molecule has 2 rings (SSSR count). The van der Waals surface area contributed by atoms with E-state index in [1.807, 2.05) is 13.8 Å². The largest absolute Gasteiger partial charge is 0.418 e. The normalized spacial score (nSPS) is 11.6. The van der Waals surface area contributed by atoms with Crippen molar-refractivity contribution in [1.29, 1.82) is 0 Å². The summed E-state index contributed by atoms with van der Waals surface area (Å²) in [7, 11) is 0. The molecule has 9 heteroatoms. The molecule has 2 aromatic rings. The van der Waals surface area contributed by atoms with E-state index in [-0.39, 0.29) is 17.5 Å². The summed E-state index contributed by atoms with van der Waals surface area (Å²) in [5, 5.41) is 12.1. The summed E-state index contributed by atoms with van der Waals surface area (Å²) in [6, 6.07) is 2.75. The predicted molar refractivity (Wildman–Crippen MR) is 79.2 cm³/mol. The lowest BCUT2D eigenvalue weighted by molar-refractivity contribution is -0.136. The Morgan fingerprint density at radius 2 is 1.96 bits per heavy atom. The molecular weight excluding hydrogens is 311 g/mol. The Bertz CT molecular complexity index is 709. The first kappa shape index (κ1) is 16.8. The number of alkyl halides is 3. The van der Waals surface area contributed by atoms with Crippen LogP contribution >= 0.6 is 0 Å². The average Bonchev–Trinajstić information content (AvgIpc) is 2.85. The van der Waals surface area contributed by atoms with Gasteiger partial charge in [-0.2, -0.15) is 13.2 Å². The van der Waals surface area contributed by atoms with E-state index in [1.54, 1.807) is 6.92 Å². The minimum absolute atomic E-state index is 0.0507. The Hall–Kier alpha value is -2.58. The lowest BCUT2D eigenvalue weighted by Crippen LogP contribution is -2.22.